The highest BCUT2D eigenvalue weighted by atomic mass is 16.5. The molecule has 56 heavy (non-hydrogen) atoms. The van der Waals surface area contributed by atoms with Gasteiger partial charge in [0.05, 0.1) is 25.3 Å². The highest BCUT2D eigenvalue weighted by Gasteiger charge is 2.42. The third kappa shape index (κ3) is 10.1. The zero-order chi connectivity index (χ0) is 38.7. The molecule has 2 bridgehead atoms. The van der Waals surface area contributed by atoms with Crippen molar-refractivity contribution >= 4 is 28.9 Å². The van der Waals surface area contributed by atoms with Crippen LogP contribution in [-0.2, 0) is 45.1 Å². The molecular formula is C44H49N5O7. The van der Waals surface area contributed by atoms with Crippen LogP contribution < -0.4 is 20.7 Å². The first kappa shape index (κ1) is 38.6. The maximum absolute atomic E-state index is 14.2. The number of para-hydroxylation sites is 1. The van der Waals surface area contributed by atoms with Gasteiger partial charge in [0.15, 0.2) is 0 Å². The van der Waals surface area contributed by atoms with Gasteiger partial charge < -0.3 is 34.5 Å². The lowest BCUT2D eigenvalue weighted by Gasteiger charge is -2.47. The average molecular weight is 760 g/mol. The average Bonchev–Trinajstić information content (AvgIpc) is 3.63. The minimum atomic E-state index is -0.961. The summed E-state index contributed by atoms with van der Waals surface area (Å²) in [4.78, 5) is 44.4. The summed E-state index contributed by atoms with van der Waals surface area (Å²) in [5, 5.41) is 21.1. The summed E-state index contributed by atoms with van der Waals surface area (Å²) in [6.45, 7) is 1.93. The zero-order valence-corrected chi connectivity index (χ0v) is 31.3. The molecule has 0 spiro atoms. The number of alkyl carbamates (subject to hydrolysis) is 1. The molecule has 12 nitrogen and oxygen atoms in total. The number of carbonyl (C=O) groups is 3. The lowest BCUT2D eigenvalue weighted by atomic mass is 9.94. The van der Waals surface area contributed by atoms with Gasteiger partial charge in [0.1, 0.15) is 25.0 Å². The second kappa shape index (κ2) is 18.8. The largest absolute Gasteiger partial charge is 0.489 e. The fourth-order valence-corrected chi connectivity index (χ4v) is 7.54. The SMILES string of the molecule is O=C(NCCC[C@H]1N[C@H]2CN(C1=O)[C@@H](Cc1ccc(OCc3ccccc3)cc1)COC[C@@H]2N[C@@H](Cc1c[nH]c2ccccc12)C(=O)O)OCc1ccccc1. The fraction of sp³-hybridized carbons (Fsp3) is 0.341. The first-order valence-corrected chi connectivity index (χ1v) is 19.3. The molecule has 0 radical (unpaired) electrons. The molecule has 4 aromatic carbocycles. The maximum Gasteiger partial charge on any atom is 0.407 e. The highest BCUT2D eigenvalue weighted by Crippen LogP contribution is 2.24. The molecule has 292 valence electrons. The molecule has 3 heterocycles. The van der Waals surface area contributed by atoms with E-state index in [0.29, 0.717) is 45.6 Å². The summed E-state index contributed by atoms with van der Waals surface area (Å²) in [7, 11) is 0. The molecular weight excluding hydrogens is 711 g/mol. The number of hydrogen-bond donors (Lipinski definition) is 5. The Morgan fingerprint density at radius 3 is 2.34 bits per heavy atom. The van der Waals surface area contributed by atoms with Crippen molar-refractivity contribution in [1.82, 2.24) is 25.8 Å². The number of nitrogens with one attached hydrogen (secondary N) is 4. The lowest BCUT2D eigenvalue weighted by molar-refractivity contribution is -0.146. The van der Waals surface area contributed by atoms with E-state index in [0.717, 1.165) is 38.9 Å². The normalized spacial score (nSPS) is 20.1. The van der Waals surface area contributed by atoms with Gasteiger partial charge in [-0.1, -0.05) is 91.0 Å². The Morgan fingerprint density at radius 2 is 1.59 bits per heavy atom. The van der Waals surface area contributed by atoms with Crippen LogP contribution in [0.3, 0.4) is 0 Å². The van der Waals surface area contributed by atoms with Gasteiger partial charge in [-0.25, -0.2) is 4.79 Å². The molecule has 2 aliphatic rings. The molecule has 2 aliphatic heterocycles. The topological polar surface area (TPSA) is 154 Å². The molecule has 5 aromatic rings. The van der Waals surface area contributed by atoms with Crippen molar-refractivity contribution in [2.24, 2.45) is 0 Å². The van der Waals surface area contributed by atoms with Crippen molar-refractivity contribution in [3.63, 3.8) is 0 Å². The Balaban J connectivity index is 1.02. The standard InChI is InChI=1S/C44H49N5O7/c50-42-38(16-9-21-45-44(53)56-27-32-12-5-2-6-13-32)47-40-25-49(42)34(22-30-17-19-35(20-18-30)55-26-31-10-3-1-4-11-31)28-54-29-41(40)48-39(43(51)52)23-33-24-46-37-15-8-7-14-36(33)37/h1-8,10-15,17-20,24,34,38-41,46-48H,9,16,21-23,25-29H2,(H,45,53)(H,51,52)/t34-,38+,39-,40-,41-/m0/s1. The van der Waals surface area contributed by atoms with E-state index in [1.165, 1.54) is 0 Å². The maximum atomic E-state index is 14.2. The Hall–Kier alpha value is -5.69. The van der Waals surface area contributed by atoms with Crippen LogP contribution in [0.15, 0.2) is 115 Å². The van der Waals surface area contributed by atoms with Crippen molar-refractivity contribution < 1.29 is 33.7 Å². The van der Waals surface area contributed by atoms with E-state index in [-0.39, 0.29) is 37.6 Å². The van der Waals surface area contributed by atoms with Gasteiger partial charge in [-0.05, 0) is 59.7 Å². The number of hydrogen-bond acceptors (Lipinski definition) is 8. The zero-order valence-electron chi connectivity index (χ0n) is 31.3. The van der Waals surface area contributed by atoms with E-state index in [4.69, 9.17) is 14.2 Å². The van der Waals surface area contributed by atoms with Gasteiger partial charge in [-0.15, -0.1) is 0 Å². The molecule has 0 saturated carbocycles. The second-order valence-corrected chi connectivity index (χ2v) is 14.5. The van der Waals surface area contributed by atoms with Crippen molar-refractivity contribution in [3.05, 3.63) is 138 Å². The van der Waals surface area contributed by atoms with Crippen molar-refractivity contribution in [3.8, 4) is 5.75 Å². The van der Waals surface area contributed by atoms with Crippen LogP contribution in [-0.4, -0.2) is 89.5 Å². The van der Waals surface area contributed by atoms with Gasteiger partial charge in [0, 0.05) is 48.7 Å². The van der Waals surface area contributed by atoms with E-state index in [1.54, 1.807) is 0 Å². The van der Waals surface area contributed by atoms with Crippen molar-refractivity contribution in [2.75, 3.05) is 26.3 Å². The number of amides is 2. The molecule has 12 heteroatoms. The molecule has 2 fully saturated rings. The van der Waals surface area contributed by atoms with Crippen LogP contribution >= 0.6 is 0 Å². The number of piperazine rings is 1. The third-order valence-electron chi connectivity index (χ3n) is 10.5. The number of ether oxygens (including phenoxy) is 3. The van der Waals surface area contributed by atoms with Crippen LogP contribution in [0.5, 0.6) is 5.75 Å². The summed E-state index contributed by atoms with van der Waals surface area (Å²) in [6, 6.07) is 32.9. The van der Waals surface area contributed by atoms with Gasteiger partial charge in [0.2, 0.25) is 5.91 Å². The highest BCUT2D eigenvalue weighted by molar-refractivity contribution is 5.85. The molecule has 2 amide bonds. The van der Waals surface area contributed by atoms with E-state index in [9.17, 15) is 19.5 Å². The van der Waals surface area contributed by atoms with Crippen molar-refractivity contribution in [2.45, 2.75) is 69.1 Å². The lowest BCUT2D eigenvalue weighted by Crippen LogP contribution is -2.70. The van der Waals surface area contributed by atoms with Crippen LogP contribution in [0.2, 0.25) is 0 Å². The number of carboxylic acids is 1. The summed E-state index contributed by atoms with van der Waals surface area (Å²) in [5.74, 6) is -0.243. The minimum Gasteiger partial charge on any atom is -0.489 e. The van der Waals surface area contributed by atoms with Gasteiger partial charge in [0.25, 0.3) is 0 Å². The number of carbonyl (C=O) groups excluding carboxylic acids is 2. The number of carboxylic acid groups (broad SMARTS) is 1. The Morgan fingerprint density at radius 1 is 0.875 bits per heavy atom. The van der Waals surface area contributed by atoms with E-state index in [1.807, 2.05) is 120 Å². The van der Waals surface area contributed by atoms with Gasteiger partial charge >= 0.3 is 12.1 Å². The smallest absolute Gasteiger partial charge is 0.407 e. The number of fused-ring (bicyclic) bond motifs is 3. The number of aliphatic carboxylic acids is 1. The summed E-state index contributed by atoms with van der Waals surface area (Å²) in [5.41, 5.74) is 4.89. The molecule has 5 atom stereocenters. The minimum absolute atomic E-state index is 0.0430. The molecule has 1 aromatic heterocycles. The van der Waals surface area contributed by atoms with E-state index in [2.05, 4.69) is 20.9 Å². The van der Waals surface area contributed by atoms with Crippen molar-refractivity contribution in [1.29, 1.82) is 0 Å². The van der Waals surface area contributed by atoms with Gasteiger partial charge in [-0.2, -0.15) is 0 Å². The molecule has 0 unspecified atom stereocenters. The number of rotatable bonds is 16. The molecule has 7 rings (SSSR count). The first-order chi connectivity index (χ1) is 27.4. The first-order valence-electron chi connectivity index (χ1n) is 19.3. The quantitative estimate of drug-likeness (QED) is 0.0853. The van der Waals surface area contributed by atoms with Crippen LogP contribution in [0.25, 0.3) is 10.9 Å². The molecule has 5 N–H and O–H groups in total. The Bertz CT molecular complexity index is 2040. The predicted molar refractivity (Wildman–Crippen MR) is 212 cm³/mol. The Kier molecular flexibility index (Phi) is 12.9. The predicted octanol–water partition coefficient (Wildman–Crippen LogP) is 5.22. The van der Waals surface area contributed by atoms with E-state index >= 15 is 0 Å². The number of H-pyrrole nitrogens is 1. The van der Waals surface area contributed by atoms with Gasteiger partial charge in [-0.3, -0.25) is 20.2 Å². The van der Waals surface area contributed by atoms with Crippen LogP contribution in [0, 0.1) is 0 Å². The number of nitrogens with zero attached hydrogens (tertiary/aromatic N) is 1. The molecule has 2 saturated heterocycles. The number of benzene rings is 4. The summed E-state index contributed by atoms with van der Waals surface area (Å²) < 4.78 is 17.6. The number of aromatic nitrogens is 1. The van der Waals surface area contributed by atoms with E-state index < -0.39 is 30.2 Å². The molecule has 0 aliphatic carbocycles. The second-order valence-electron chi connectivity index (χ2n) is 14.5. The summed E-state index contributed by atoms with van der Waals surface area (Å²) >= 11 is 0. The summed E-state index contributed by atoms with van der Waals surface area (Å²) in [6.07, 6.45) is 3.20. The van der Waals surface area contributed by atoms with Crippen LogP contribution in [0.4, 0.5) is 4.79 Å². The fourth-order valence-electron chi connectivity index (χ4n) is 7.54. The monoisotopic (exact) mass is 759 g/mol. The Labute approximate surface area is 326 Å². The van der Waals surface area contributed by atoms with Crippen LogP contribution in [0.1, 0.15) is 35.1 Å². The third-order valence-corrected chi connectivity index (χ3v) is 10.5. The number of aromatic amines is 1.